The lowest BCUT2D eigenvalue weighted by Gasteiger charge is -2.32. The Morgan fingerprint density at radius 2 is 0.623 bits per heavy atom. The molecule has 10 rings (SSSR count). The van der Waals surface area contributed by atoms with Crippen LogP contribution in [0, 0.1) is 0 Å². The lowest BCUT2D eigenvalue weighted by Crippen LogP contribution is -2.18. The van der Waals surface area contributed by atoms with Gasteiger partial charge in [-0.1, -0.05) is 152 Å². The van der Waals surface area contributed by atoms with E-state index in [1.165, 1.54) is 43.1 Å². The fraction of sp³-hybridized carbons (Fsp3) is 0. The molecule has 0 unspecified atom stereocenters. The Morgan fingerprint density at radius 1 is 0.283 bits per heavy atom. The standard InChI is InChI=1S/C50H35N3/c1-4-20-38(21-5-1)51(47-34-36-18-10-12-26-41(36)43-28-14-16-30-45(43)47)49-32-33-50(53(49)40-24-8-3-9-25-40)52(39-22-6-2-7-23-39)48-35-37-19-11-13-27-42(37)44-29-15-17-31-46(44)48/h1-35H. The van der Waals surface area contributed by atoms with Gasteiger partial charge in [0.15, 0.2) is 0 Å². The number of fused-ring (bicyclic) bond motifs is 6. The molecule has 0 N–H and O–H groups in total. The van der Waals surface area contributed by atoms with Gasteiger partial charge in [-0.3, -0.25) is 14.4 Å². The maximum atomic E-state index is 2.42. The molecule has 250 valence electrons. The fourth-order valence-corrected chi connectivity index (χ4v) is 7.99. The van der Waals surface area contributed by atoms with Crippen molar-refractivity contribution < 1.29 is 0 Å². The fourth-order valence-electron chi connectivity index (χ4n) is 7.99. The van der Waals surface area contributed by atoms with Gasteiger partial charge in [-0.2, -0.15) is 0 Å². The number of benzene rings is 9. The predicted molar refractivity (Wildman–Crippen MR) is 225 cm³/mol. The van der Waals surface area contributed by atoms with E-state index in [0.717, 1.165) is 40.1 Å². The molecule has 0 spiro atoms. The molecule has 3 nitrogen and oxygen atoms in total. The van der Waals surface area contributed by atoms with Crippen LogP contribution in [0.3, 0.4) is 0 Å². The third kappa shape index (κ3) is 5.21. The Balaban J connectivity index is 1.31. The largest absolute Gasteiger partial charge is 0.295 e. The number of hydrogen-bond donors (Lipinski definition) is 0. The van der Waals surface area contributed by atoms with Crippen LogP contribution in [0.1, 0.15) is 0 Å². The maximum Gasteiger partial charge on any atom is 0.124 e. The van der Waals surface area contributed by atoms with Crippen molar-refractivity contribution in [1.29, 1.82) is 0 Å². The van der Waals surface area contributed by atoms with E-state index < -0.39 is 0 Å². The lowest BCUT2D eigenvalue weighted by atomic mass is 9.99. The highest BCUT2D eigenvalue weighted by molar-refractivity contribution is 6.16. The first-order valence-corrected chi connectivity index (χ1v) is 18.1. The second kappa shape index (κ2) is 12.9. The summed E-state index contributed by atoms with van der Waals surface area (Å²) in [6.07, 6.45) is 0. The highest BCUT2D eigenvalue weighted by Gasteiger charge is 2.27. The van der Waals surface area contributed by atoms with Crippen molar-refractivity contribution in [3.8, 4) is 5.69 Å². The molecule has 0 amide bonds. The normalized spacial score (nSPS) is 11.4. The van der Waals surface area contributed by atoms with Gasteiger partial charge >= 0.3 is 0 Å². The van der Waals surface area contributed by atoms with Crippen LogP contribution in [0.5, 0.6) is 0 Å². The molecule has 9 aromatic carbocycles. The summed E-state index contributed by atoms with van der Waals surface area (Å²) in [6, 6.07) is 76.5. The van der Waals surface area contributed by atoms with E-state index in [1.807, 2.05) is 0 Å². The summed E-state index contributed by atoms with van der Waals surface area (Å²) in [5, 5.41) is 9.74. The summed E-state index contributed by atoms with van der Waals surface area (Å²) < 4.78 is 2.41. The number of anilines is 6. The van der Waals surface area contributed by atoms with Gasteiger partial charge in [0, 0.05) is 27.8 Å². The lowest BCUT2D eigenvalue weighted by molar-refractivity contribution is 1.02. The molecule has 3 heteroatoms. The van der Waals surface area contributed by atoms with Crippen molar-refractivity contribution in [2.24, 2.45) is 0 Å². The van der Waals surface area contributed by atoms with Crippen LogP contribution in [-0.4, -0.2) is 4.57 Å². The van der Waals surface area contributed by atoms with Gasteiger partial charge in [-0.05, 0) is 93.0 Å². The molecule has 0 bridgehead atoms. The van der Waals surface area contributed by atoms with Crippen molar-refractivity contribution in [2.75, 3.05) is 9.80 Å². The Hall–Kier alpha value is -7.10. The third-order valence-electron chi connectivity index (χ3n) is 10.3. The van der Waals surface area contributed by atoms with Crippen LogP contribution in [0.25, 0.3) is 48.8 Å². The molecule has 0 radical (unpaired) electrons. The van der Waals surface area contributed by atoms with E-state index in [2.05, 4.69) is 227 Å². The summed E-state index contributed by atoms with van der Waals surface area (Å²) in [4.78, 5) is 4.85. The van der Waals surface area contributed by atoms with E-state index in [-0.39, 0.29) is 0 Å². The summed E-state index contributed by atoms with van der Waals surface area (Å²) in [6.45, 7) is 0. The molecule has 10 aromatic rings. The van der Waals surface area contributed by atoms with Gasteiger partial charge < -0.3 is 0 Å². The summed E-state index contributed by atoms with van der Waals surface area (Å²) >= 11 is 0. The van der Waals surface area contributed by atoms with Gasteiger partial charge in [-0.25, -0.2) is 0 Å². The van der Waals surface area contributed by atoms with Crippen LogP contribution in [0.2, 0.25) is 0 Å². The Kier molecular flexibility index (Phi) is 7.47. The zero-order valence-corrected chi connectivity index (χ0v) is 29.0. The van der Waals surface area contributed by atoms with E-state index in [1.54, 1.807) is 0 Å². The first-order valence-electron chi connectivity index (χ1n) is 18.1. The average molecular weight is 678 g/mol. The van der Waals surface area contributed by atoms with Crippen LogP contribution < -0.4 is 9.80 Å². The molecule has 0 aliphatic carbocycles. The van der Waals surface area contributed by atoms with E-state index in [4.69, 9.17) is 0 Å². The Labute approximate surface area is 308 Å². The van der Waals surface area contributed by atoms with Crippen LogP contribution in [0.15, 0.2) is 212 Å². The zero-order chi connectivity index (χ0) is 35.1. The minimum absolute atomic E-state index is 1.03. The van der Waals surface area contributed by atoms with Gasteiger partial charge in [0.2, 0.25) is 0 Å². The molecule has 53 heavy (non-hydrogen) atoms. The topological polar surface area (TPSA) is 11.4 Å². The molecule has 1 aromatic heterocycles. The Morgan fingerprint density at radius 3 is 1.06 bits per heavy atom. The summed E-state index contributed by atoms with van der Waals surface area (Å²) in [5.41, 5.74) is 5.47. The monoisotopic (exact) mass is 677 g/mol. The zero-order valence-electron chi connectivity index (χ0n) is 29.0. The van der Waals surface area contributed by atoms with Crippen molar-refractivity contribution in [3.05, 3.63) is 212 Å². The van der Waals surface area contributed by atoms with Gasteiger partial charge in [-0.15, -0.1) is 0 Å². The molecule has 0 saturated heterocycles. The van der Waals surface area contributed by atoms with E-state index >= 15 is 0 Å². The van der Waals surface area contributed by atoms with E-state index in [9.17, 15) is 0 Å². The minimum atomic E-state index is 1.03. The second-order valence-electron chi connectivity index (χ2n) is 13.4. The summed E-state index contributed by atoms with van der Waals surface area (Å²) in [5.74, 6) is 2.06. The third-order valence-corrected chi connectivity index (χ3v) is 10.3. The molecule has 0 saturated carbocycles. The van der Waals surface area contributed by atoms with Crippen LogP contribution in [0.4, 0.5) is 34.4 Å². The van der Waals surface area contributed by atoms with Crippen molar-refractivity contribution in [3.63, 3.8) is 0 Å². The van der Waals surface area contributed by atoms with E-state index in [0.29, 0.717) is 0 Å². The van der Waals surface area contributed by atoms with Gasteiger partial charge in [0.1, 0.15) is 11.6 Å². The minimum Gasteiger partial charge on any atom is -0.295 e. The van der Waals surface area contributed by atoms with Gasteiger partial charge in [0.05, 0.1) is 11.4 Å². The second-order valence-corrected chi connectivity index (χ2v) is 13.4. The van der Waals surface area contributed by atoms with Crippen LogP contribution >= 0.6 is 0 Å². The highest BCUT2D eigenvalue weighted by atomic mass is 15.3. The first-order chi connectivity index (χ1) is 26.3. The number of hydrogen-bond acceptors (Lipinski definition) is 2. The number of para-hydroxylation sites is 3. The predicted octanol–water partition coefficient (Wildman–Crippen LogP) is 14.0. The van der Waals surface area contributed by atoms with Crippen LogP contribution in [-0.2, 0) is 0 Å². The van der Waals surface area contributed by atoms with Gasteiger partial charge in [0.25, 0.3) is 0 Å². The molecular weight excluding hydrogens is 643 g/mol. The highest BCUT2D eigenvalue weighted by Crippen LogP contribution is 2.48. The Bertz CT molecular complexity index is 2720. The van der Waals surface area contributed by atoms with Crippen molar-refractivity contribution in [2.45, 2.75) is 0 Å². The summed E-state index contributed by atoms with van der Waals surface area (Å²) in [7, 11) is 0. The molecule has 0 atom stereocenters. The maximum absolute atomic E-state index is 2.42. The number of nitrogens with zero attached hydrogens (tertiary/aromatic N) is 3. The number of rotatable bonds is 7. The molecule has 1 heterocycles. The van der Waals surface area contributed by atoms with Crippen molar-refractivity contribution >= 4 is 77.5 Å². The quantitative estimate of drug-likeness (QED) is 0.156. The molecule has 0 aliphatic heterocycles. The molecule has 0 aliphatic rings. The smallest absolute Gasteiger partial charge is 0.124 e. The molecular formula is C50H35N3. The van der Waals surface area contributed by atoms with Crippen molar-refractivity contribution in [1.82, 2.24) is 4.57 Å². The average Bonchev–Trinajstić information content (AvgIpc) is 3.66. The first kappa shape index (κ1) is 30.7. The number of aromatic nitrogens is 1. The molecule has 0 fully saturated rings. The SMILES string of the molecule is c1ccc(N(c2cc3ccccc3c3ccccc23)c2ccc(N(c3ccccc3)c3cc4ccccc4c4ccccc34)n2-c2ccccc2)cc1.